The normalized spacial score (nSPS) is 15.7. The molecule has 1 saturated heterocycles. The topological polar surface area (TPSA) is 62.3 Å². The van der Waals surface area contributed by atoms with Gasteiger partial charge in [-0.15, -0.1) is 0 Å². The summed E-state index contributed by atoms with van der Waals surface area (Å²) in [6, 6.07) is 2.01. The van der Waals surface area contributed by atoms with Gasteiger partial charge in [-0.25, -0.2) is 9.97 Å². The lowest BCUT2D eigenvalue weighted by molar-refractivity contribution is 0.198. The zero-order valence-electron chi connectivity index (χ0n) is 10.9. The van der Waals surface area contributed by atoms with Gasteiger partial charge in [0.1, 0.15) is 18.0 Å². The fraction of sp³-hybridized carbons (Fsp3) is 0.667. The molecule has 0 atom stereocenters. The van der Waals surface area contributed by atoms with E-state index in [-0.39, 0.29) is 0 Å². The Labute approximate surface area is 108 Å². The predicted octanol–water partition coefficient (Wildman–Crippen LogP) is 0.335. The van der Waals surface area contributed by atoms with Crippen LogP contribution in [-0.4, -0.2) is 56.4 Å². The Morgan fingerprint density at radius 3 is 3.00 bits per heavy atom. The molecule has 1 aliphatic heterocycles. The summed E-state index contributed by atoms with van der Waals surface area (Å²) in [5.41, 5.74) is 0. The largest absolute Gasteiger partial charge is 0.385 e. The maximum Gasteiger partial charge on any atom is 0.134 e. The number of piperazine rings is 1. The van der Waals surface area contributed by atoms with Gasteiger partial charge in [0.05, 0.1) is 0 Å². The standard InChI is InChI=1S/C12H21N5O/c1-18-8-2-3-14-11-9-12(16-10-15-11)17-6-4-13-5-7-17/h9-10,13H,2-8H2,1H3,(H,14,15,16). The van der Waals surface area contributed by atoms with Crippen LogP contribution in [0.3, 0.4) is 0 Å². The average Bonchev–Trinajstić information content (AvgIpc) is 2.45. The lowest BCUT2D eigenvalue weighted by atomic mass is 10.3. The Balaban J connectivity index is 1.88. The van der Waals surface area contributed by atoms with E-state index in [9.17, 15) is 0 Å². The first-order valence-corrected chi connectivity index (χ1v) is 6.40. The van der Waals surface area contributed by atoms with Gasteiger partial charge in [0.2, 0.25) is 0 Å². The molecule has 0 bridgehead atoms. The van der Waals surface area contributed by atoms with Crippen molar-refractivity contribution in [1.82, 2.24) is 15.3 Å². The van der Waals surface area contributed by atoms with Gasteiger partial charge >= 0.3 is 0 Å². The van der Waals surface area contributed by atoms with Gasteiger partial charge in [0.15, 0.2) is 0 Å². The molecule has 1 aromatic rings. The molecular formula is C12H21N5O. The zero-order chi connectivity index (χ0) is 12.6. The van der Waals surface area contributed by atoms with Crippen LogP contribution in [-0.2, 0) is 4.74 Å². The summed E-state index contributed by atoms with van der Waals surface area (Å²) in [6.07, 6.45) is 2.60. The summed E-state index contributed by atoms with van der Waals surface area (Å²) in [5, 5.41) is 6.62. The molecule has 2 N–H and O–H groups in total. The molecule has 0 aromatic carbocycles. The summed E-state index contributed by atoms with van der Waals surface area (Å²) in [5.74, 6) is 1.88. The summed E-state index contributed by atoms with van der Waals surface area (Å²) in [4.78, 5) is 10.8. The van der Waals surface area contributed by atoms with Crippen molar-refractivity contribution in [2.24, 2.45) is 0 Å². The molecule has 0 unspecified atom stereocenters. The van der Waals surface area contributed by atoms with Crippen molar-refractivity contribution >= 4 is 11.6 Å². The lowest BCUT2D eigenvalue weighted by Gasteiger charge is -2.28. The minimum Gasteiger partial charge on any atom is -0.385 e. The van der Waals surface area contributed by atoms with Crippen molar-refractivity contribution in [2.45, 2.75) is 6.42 Å². The van der Waals surface area contributed by atoms with Gasteiger partial charge < -0.3 is 20.3 Å². The van der Waals surface area contributed by atoms with E-state index in [4.69, 9.17) is 4.74 Å². The number of nitrogens with zero attached hydrogens (tertiary/aromatic N) is 3. The Bertz CT molecular complexity index is 354. The van der Waals surface area contributed by atoms with E-state index in [1.807, 2.05) is 6.07 Å². The second-order valence-electron chi connectivity index (χ2n) is 4.27. The summed E-state index contributed by atoms with van der Waals surface area (Å²) < 4.78 is 5.01. The maximum atomic E-state index is 5.01. The van der Waals surface area contributed by atoms with E-state index in [0.717, 1.165) is 57.4 Å². The fourth-order valence-corrected chi connectivity index (χ4v) is 1.94. The van der Waals surface area contributed by atoms with Crippen molar-refractivity contribution < 1.29 is 4.74 Å². The van der Waals surface area contributed by atoms with Crippen LogP contribution >= 0.6 is 0 Å². The molecule has 2 heterocycles. The number of hydrogen-bond donors (Lipinski definition) is 2. The first-order valence-electron chi connectivity index (χ1n) is 6.40. The molecule has 1 fully saturated rings. The highest BCUT2D eigenvalue weighted by Crippen LogP contribution is 2.14. The van der Waals surface area contributed by atoms with E-state index in [2.05, 4.69) is 25.5 Å². The minimum atomic E-state index is 0.767. The smallest absolute Gasteiger partial charge is 0.134 e. The Kier molecular flexibility index (Phi) is 5.16. The number of rotatable bonds is 6. The minimum absolute atomic E-state index is 0.767. The van der Waals surface area contributed by atoms with Gasteiger partial charge in [-0.1, -0.05) is 0 Å². The highest BCUT2D eigenvalue weighted by atomic mass is 16.5. The van der Waals surface area contributed by atoms with E-state index in [0.29, 0.717) is 0 Å². The van der Waals surface area contributed by atoms with Crippen LogP contribution < -0.4 is 15.5 Å². The van der Waals surface area contributed by atoms with Crippen molar-refractivity contribution in [1.29, 1.82) is 0 Å². The van der Waals surface area contributed by atoms with Gasteiger partial charge in [0.25, 0.3) is 0 Å². The number of ether oxygens (including phenoxy) is 1. The molecule has 18 heavy (non-hydrogen) atoms. The van der Waals surface area contributed by atoms with Gasteiger partial charge in [-0.3, -0.25) is 0 Å². The van der Waals surface area contributed by atoms with E-state index in [1.54, 1.807) is 13.4 Å². The lowest BCUT2D eigenvalue weighted by Crippen LogP contribution is -2.43. The average molecular weight is 251 g/mol. The Morgan fingerprint density at radius 1 is 1.39 bits per heavy atom. The number of methoxy groups -OCH3 is 1. The third-order valence-electron chi connectivity index (χ3n) is 2.92. The van der Waals surface area contributed by atoms with Crippen molar-refractivity contribution in [3.05, 3.63) is 12.4 Å². The van der Waals surface area contributed by atoms with Gasteiger partial charge in [-0.05, 0) is 6.42 Å². The molecule has 0 aliphatic carbocycles. The van der Waals surface area contributed by atoms with E-state index in [1.165, 1.54) is 0 Å². The molecule has 0 radical (unpaired) electrons. The predicted molar refractivity (Wildman–Crippen MR) is 72.1 cm³/mol. The molecule has 100 valence electrons. The third kappa shape index (κ3) is 3.82. The molecule has 1 aromatic heterocycles. The van der Waals surface area contributed by atoms with Gasteiger partial charge in [0, 0.05) is 52.5 Å². The molecule has 2 rings (SSSR count). The summed E-state index contributed by atoms with van der Waals surface area (Å²) >= 11 is 0. The second-order valence-corrected chi connectivity index (χ2v) is 4.27. The van der Waals surface area contributed by atoms with Crippen molar-refractivity contribution in [2.75, 3.05) is 56.7 Å². The first kappa shape index (κ1) is 13.0. The molecule has 6 heteroatoms. The van der Waals surface area contributed by atoms with Gasteiger partial charge in [-0.2, -0.15) is 0 Å². The van der Waals surface area contributed by atoms with E-state index >= 15 is 0 Å². The number of anilines is 2. The van der Waals surface area contributed by atoms with Crippen LogP contribution in [0.4, 0.5) is 11.6 Å². The first-order chi connectivity index (χ1) is 8.90. The van der Waals surface area contributed by atoms with E-state index < -0.39 is 0 Å². The number of hydrogen-bond acceptors (Lipinski definition) is 6. The van der Waals surface area contributed by atoms with Crippen molar-refractivity contribution in [3.63, 3.8) is 0 Å². The van der Waals surface area contributed by atoms with Crippen molar-refractivity contribution in [3.8, 4) is 0 Å². The fourth-order valence-electron chi connectivity index (χ4n) is 1.94. The molecular weight excluding hydrogens is 230 g/mol. The third-order valence-corrected chi connectivity index (χ3v) is 2.92. The monoisotopic (exact) mass is 251 g/mol. The Hall–Kier alpha value is -1.40. The SMILES string of the molecule is COCCCNc1cc(N2CCNCC2)ncn1. The highest BCUT2D eigenvalue weighted by molar-refractivity contribution is 5.48. The highest BCUT2D eigenvalue weighted by Gasteiger charge is 2.11. The molecule has 0 saturated carbocycles. The molecule has 6 nitrogen and oxygen atoms in total. The Morgan fingerprint density at radius 2 is 2.22 bits per heavy atom. The van der Waals surface area contributed by atoms with Crippen LogP contribution in [0.1, 0.15) is 6.42 Å². The van der Waals surface area contributed by atoms with Crippen LogP contribution in [0.25, 0.3) is 0 Å². The molecule has 0 spiro atoms. The van der Waals surface area contributed by atoms with Crippen LogP contribution in [0.5, 0.6) is 0 Å². The summed E-state index contributed by atoms with van der Waals surface area (Å²) in [7, 11) is 1.72. The number of nitrogens with one attached hydrogen (secondary N) is 2. The van der Waals surface area contributed by atoms with Crippen LogP contribution in [0, 0.1) is 0 Å². The number of aromatic nitrogens is 2. The van der Waals surface area contributed by atoms with Crippen LogP contribution in [0.15, 0.2) is 12.4 Å². The summed E-state index contributed by atoms with van der Waals surface area (Å²) in [6.45, 7) is 5.66. The second kappa shape index (κ2) is 7.13. The maximum absolute atomic E-state index is 5.01. The molecule has 0 amide bonds. The molecule has 1 aliphatic rings. The van der Waals surface area contributed by atoms with Crippen LogP contribution in [0.2, 0.25) is 0 Å². The zero-order valence-corrected chi connectivity index (χ0v) is 10.9. The quantitative estimate of drug-likeness (QED) is 0.711.